The molecule has 2 rings (SSSR count). The third kappa shape index (κ3) is 2.57. The van der Waals surface area contributed by atoms with E-state index in [-0.39, 0.29) is 0 Å². The molecule has 84 valence electrons. The van der Waals surface area contributed by atoms with Gasteiger partial charge in [0.15, 0.2) is 0 Å². The monoisotopic (exact) mass is 296 g/mol. The van der Waals surface area contributed by atoms with Crippen molar-refractivity contribution >= 4 is 38.6 Å². The van der Waals surface area contributed by atoms with E-state index in [1.165, 1.54) is 4.88 Å². The summed E-state index contributed by atoms with van der Waals surface area (Å²) in [4.78, 5) is 3.48. The van der Waals surface area contributed by atoms with Crippen LogP contribution in [0.3, 0.4) is 0 Å². The summed E-state index contributed by atoms with van der Waals surface area (Å²) >= 11 is 5.22. The molecule has 0 bridgehead atoms. The summed E-state index contributed by atoms with van der Waals surface area (Å²) in [6, 6.07) is 12.1. The lowest BCUT2D eigenvalue weighted by molar-refractivity contribution is 0.942. The molecule has 16 heavy (non-hydrogen) atoms. The van der Waals surface area contributed by atoms with E-state index in [0.29, 0.717) is 0 Å². The fourth-order valence-electron chi connectivity index (χ4n) is 1.59. The quantitative estimate of drug-likeness (QED) is 0.875. The zero-order valence-corrected chi connectivity index (χ0v) is 11.4. The summed E-state index contributed by atoms with van der Waals surface area (Å²) in [5.74, 6) is 0. The molecule has 0 unspecified atom stereocenters. The summed E-state index contributed by atoms with van der Waals surface area (Å²) < 4.78 is 1.16. The lowest BCUT2D eigenvalue weighted by Crippen LogP contribution is -2.16. The molecule has 2 nitrogen and oxygen atoms in total. The summed E-state index contributed by atoms with van der Waals surface area (Å²) in [6.45, 7) is 0.879. The molecule has 1 aromatic heterocycles. The van der Waals surface area contributed by atoms with Crippen molar-refractivity contribution in [3.05, 3.63) is 45.1 Å². The average molecular weight is 297 g/mol. The van der Waals surface area contributed by atoms with Crippen molar-refractivity contribution in [1.82, 2.24) is 0 Å². The van der Waals surface area contributed by atoms with Gasteiger partial charge in [-0.3, -0.25) is 0 Å². The Morgan fingerprint density at radius 1 is 1.25 bits per heavy atom. The van der Waals surface area contributed by atoms with Gasteiger partial charge in [0.2, 0.25) is 0 Å². The number of nitrogens with zero attached hydrogens (tertiary/aromatic N) is 1. The van der Waals surface area contributed by atoms with Crippen LogP contribution in [0.4, 0.5) is 11.4 Å². The van der Waals surface area contributed by atoms with E-state index < -0.39 is 0 Å². The lowest BCUT2D eigenvalue weighted by atomic mass is 10.2. The van der Waals surface area contributed by atoms with E-state index in [4.69, 9.17) is 5.73 Å². The third-order valence-electron chi connectivity index (χ3n) is 2.37. The van der Waals surface area contributed by atoms with Gasteiger partial charge in [0, 0.05) is 11.9 Å². The van der Waals surface area contributed by atoms with Crippen LogP contribution in [-0.4, -0.2) is 7.05 Å². The van der Waals surface area contributed by atoms with Crippen LogP contribution < -0.4 is 10.6 Å². The number of benzene rings is 1. The molecule has 0 aliphatic rings. The van der Waals surface area contributed by atoms with Gasteiger partial charge in [-0.1, -0.05) is 12.1 Å². The predicted molar refractivity (Wildman–Crippen MR) is 75.0 cm³/mol. The van der Waals surface area contributed by atoms with Gasteiger partial charge >= 0.3 is 0 Å². The van der Waals surface area contributed by atoms with Crippen LogP contribution in [0.15, 0.2) is 40.2 Å². The number of para-hydroxylation sites is 2. The molecule has 4 heteroatoms. The van der Waals surface area contributed by atoms with Crippen LogP contribution in [0, 0.1) is 0 Å². The fourth-order valence-corrected chi connectivity index (χ4v) is 3.13. The maximum absolute atomic E-state index is 5.93. The second-order valence-corrected chi connectivity index (χ2v) is 6.17. The molecular weight excluding hydrogens is 284 g/mol. The molecular formula is C12H13BrN2S. The van der Waals surface area contributed by atoms with Crippen molar-refractivity contribution in [2.24, 2.45) is 0 Å². The Hall–Kier alpha value is -1.00. The second-order valence-electron chi connectivity index (χ2n) is 3.62. The normalized spacial score (nSPS) is 10.4. The Bertz CT molecular complexity index is 481. The van der Waals surface area contributed by atoms with E-state index >= 15 is 0 Å². The number of anilines is 2. The first kappa shape index (κ1) is 11.5. The molecule has 0 aliphatic heterocycles. The fraction of sp³-hybridized carbons (Fsp3) is 0.167. The van der Waals surface area contributed by atoms with Gasteiger partial charge < -0.3 is 10.6 Å². The zero-order chi connectivity index (χ0) is 11.5. The number of hydrogen-bond acceptors (Lipinski definition) is 3. The van der Waals surface area contributed by atoms with Crippen molar-refractivity contribution < 1.29 is 0 Å². The SMILES string of the molecule is CN(Cc1ccc(Br)s1)c1ccccc1N. The van der Waals surface area contributed by atoms with E-state index in [0.717, 1.165) is 21.7 Å². The number of thiophene rings is 1. The van der Waals surface area contributed by atoms with Gasteiger partial charge in [-0.2, -0.15) is 0 Å². The van der Waals surface area contributed by atoms with E-state index in [1.807, 2.05) is 24.3 Å². The molecule has 1 heterocycles. The Labute approximate surface area is 108 Å². The van der Waals surface area contributed by atoms with E-state index in [1.54, 1.807) is 11.3 Å². The summed E-state index contributed by atoms with van der Waals surface area (Å²) in [7, 11) is 2.05. The number of hydrogen-bond donors (Lipinski definition) is 1. The number of nitrogen functional groups attached to an aromatic ring is 1. The Morgan fingerprint density at radius 2 is 2.00 bits per heavy atom. The smallest absolute Gasteiger partial charge is 0.0702 e. The molecule has 0 saturated carbocycles. The van der Waals surface area contributed by atoms with E-state index in [2.05, 4.69) is 40.0 Å². The second kappa shape index (κ2) is 4.89. The van der Waals surface area contributed by atoms with E-state index in [9.17, 15) is 0 Å². The van der Waals surface area contributed by atoms with Crippen LogP contribution in [0.25, 0.3) is 0 Å². The summed E-state index contributed by atoms with van der Waals surface area (Å²) in [5, 5.41) is 0. The maximum atomic E-state index is 5.93. The Balaban J connectivity index is 2.14. The Kier molecular flexibility index (Phi) is 3.51. The highest BCUT2D eigenvalue weighted by Crippen LogP contribution is 2.27. The van der Waals surface area contributed by atoms with Gasteiger partial charge in [0.1, 0.15) is 0 Å². The van der Waals surface area contributed by atoms with Crippen LogP contribution >= 0.6 is 27.3 Å². The van der Waals surface area contributed by atoms with Crippen molar-refractivity contribution in [1.29, 1.82) is 0 Å². The third-order valence-corrected chi connectivity index (χ3v) is 3.98. The largest absolute Gasteiger partial charge is 0.397 e. The Morgan fingerprint density at radius 3 is 2.62 bits per heavy atom. The standard InChI is InChI=1S/C12H13BrN2S/c1-15(8-9-6-7-12(13)16-9)11-5-3-2-4-10(11)14/h2-7H,8,14H2,1H3. The van der Waals surface area contributed by atoms with Crippen LogP contribution in [0.1, 0.15) is 4.88 Å². The van der Waals surface area contributed by atoms with Crippen molar-refractivity contribution in [3.63, 3.8) is 0 Å². The van der Waals surface area contributed by atoms with Crippen molar-refractivity contribution in [2.45, 2.75) is 6.54 Å². The van der Waals surface area contributed by atoms with Crippen LogP contribution in [0.2, 0.25) is 0 Å². The molecule has 2 aromatic rings. The summed E-state index contributed by atoms with van der Waals surface area (Å²) in [5.41, 5.74) is 7.83. The molecule has 0 atom stereocenters. The first-order valence-corrected chi connectivity index (χ1v) is 6.57. The minimum atomic E-state index is 0.820. The van der Waals surface area contributed by atoms with Gasteiger partial charge in [-0.25, -0.2) is 0 Å². The maximum Gasteiger partial charge on any atom is 0.0702 e. The van der Waals surface area contributed by atoms with Crippen molar-refractivity contribution in [2.75, 3.05) is 17.7 Å². The van der Waals surface area contributed by atoms with Gasteiger partial charge in [-0.05, 0) is 40.2 Å². The zero-order valence-electron chi connectivity index (χ0n) is 8.98. The topological polar surface area (TPSA) is 29.3 Å². The molecule has 1 aromatic carbocycles. The predicted octanol–water partition coefficient (Wildman–Crippen LogP) is 3.73. The van der Waals surface area contributed by atoms with Gasteiger partial charge in [0.25, 0.3) is 0 Å². The first-order chi connectivity index (χ1) is 7.66. The number of rotatable bonds is 3. The first-order valence-electron chi connectivity index (χ1n) is 4.96. The van der Waals surface area contributed by atoms with Crippen molar-refractivity contribution in [3.8, 4) is 0 Å². The number of nitrogens with two attached hydrogens (primary N) is 1. The molecule has 2 N–H and O–H groups in total. The summed E-state index contributed by atoms with van der Waals surface area (Å²) in [6.07, 6.45) is 0. The minimum Gasteiger partial charge on any atom is -0.397 e. The highest BCUT2D eigenvalue weighted by atomic mass is 79.9. The minimum absolute atomic E-state index is 0.820. The van der Waals surface area contributed by atoms with Gasteiger partial charge in [-0.15, -0.1) is 11.3 Å². The molecule has 0 fully saturated rings. The molecule has 0 amide bonds. The van der Waals surface area contributed by atoms with Crippen LogP contribution in [-0.2, 0) is 6.54 Å². The number of halogens is 1. The van der Waals surface area contributed by atoms with Crippen LogP contribution in [0.5, 0.6) is 0 Å². The molecule has 0 radical (unpaired) electrons. The lowest BCUT2D eigenvalue weighted by Gasteiger charge is -2.20. The molecule has 0 aliphatic carbocycles. The molecule has 0 saturated heterocycles. The highest BCUT2D eigenvalue weighted by molar-refractivity contribution is 9.11. The van der Waals surface area contributed by atoms with Gasteiger partial charge in [0.05, 0.1) is 21.7 Å². The highest BCUT2D eigenvalue weighted by Gasteiger charge is 2.06. The molecule has 0 spiro atoms. The average Bonchev–Trinajstić information content (AvgIpc) is 2.64.